The van der Waals surface area contributed by atoms with E-state index in [2.05, 4.69) is 41.1 Å². The molecule has 1 aliphatic heterocycles. The Balaban J connectivity index is 1.88. The normalized spacial score (nSPS) is 24.2. The van der Waals surface area contributed by atoms with Crippen LogP contribution in [0.15, 0.2) is 36.5 Å². The minimum Gasteiger partial charge on any atom is -0.299 e. The molecule has 20 heavy (non-hydrogen) atoms. The van der Waals surface area contributed by atoms with Gasteiger partial charge in [-0.15, -0.1) is 0 Å². The summed E-state index contributed by atoms with van der Waals surface area (Å²) in [6, 6.07) is 10.7. The maximum Gasteiger partial charge on any atom is 0.138 e. The molecule has 2 aromatic rings. The summed E-state index contributed by atoms with van der Waals surface area (Å²) in [5.74, 6) is 0.525. The predicted molar refractivity (Wildman–Crippen MR) is 80.4 cm³/mol. The van der Waals surface area contributed by atoms with Crippen molar-refractivity contribution in [3.8, 4) is 0 Å². The van der Waals surface area contributed by atoms with Gasteiger partial charge in [0.05, 0.1) is 5.52 Å². The number of fused-ring (bicyclic) bond motifs is 1. The minimum atomic E-state index is 0.131. The summed E-state index contributed by atoms with van der Waals surface area (Å²) in [6.07, 6.45) is 2.52. The summed E-state index contributed by atoms with van der Waals surface area (Å²) in [7, 11) is 0. The van der Waals surface area contributed by atoms with Crippen molar-refractivity contribution < 1.29 is 4.79 Å². The first-order valence-corrected chi connectivity index (χ1v) is 7.26. The summed E-state index contributed by atoms with van der Waals surface area (Å²) in [4.78, 5) is 18.7. The number of rotatable bonds is 2. The van der Waals surface area contributed by atoms with E-state index in [0.29, 0.717) is 18.2 Å². The Labute approximate surface area is 119 Å². The molecule has 2 heterocycles. The molecule has 104 valence electrons. The Morgan fingerprint density at radius 3 is 2.90 bits per heavy atom. The van der Waals surface area contributed by atoms with Crippen LogP contribution in [0.5, 0.6) is 0 Å². The van der Waals surface area contributed by atoms with Crippen LogP contribution in [0.1, 0.15) is 25.8 Å². The second-order valence-corrected chi connectivity index (χ2v) is 5.71. The lowest BCUT2D eigenvalue weighted by atomic mass is 9.90. The predicted octanol–water partition coefficient (Wildman–Crippen LogP) is 3.03. The number of carbonyl (C=O) groups is 1. The van der Waals surface area contributed by atoms with Crippen molar-refractivity contribution in [2.24, 2.45) is 5.92 Å². The Bertz CT molecular complexity index is 632. The van der Waals surface area contributed by atoms with E-state index in [0.717, 1.165) is 18.6 Å². The number of hydrogen-bond donors (Lipinski definition) is 0. The molecule has 1 aromatic heterocycles. The number of nitrogens with zero attached hydrogens (tertiary/aromatic N) is 2. The fourth-order valence-corrected chi connectivity index (χ4v) is 3.01. The number of carbonyl (C=O) groups excluding carboxylic acids is 1. The van der Waals surface area contributed by atoms with Gasteiger partial charge >= 0.3 is 0 Å². The third-order valence-electron chi connectivity index (χ3n) is 4.54. The van der Waals surface area contributed by atoms with E-state index >= 15 is 0 Å². The van der Waals surface area contributed by atoms with Gasteiger partial charge in [-0.05, 0) is 18.6 Å². The van der Waals surface area contributed by atoms with Crippen LogP contribution in [0.4, 0.5) is 0 Å². The number of pyridine rings is 1. The molecule has 1 aromatic carbocycles. The van der Waals surface area contributed by atoms with E-state index < -0.39 is 0 Å². The molecule has 3 rings (SSSR count). The average molecular weight is 268 g/mol. The van der Waals surface area contributed by atoms with Gasteiger partial charge in [0.15, 0.2) is 0 Å². The second kappa shape index (κ2) is 5.33. The van der Waals surface area contributed by atoms with Crippen molar-refractivity contribution in [3.05, 3.63) is 42.1 Å². The highest BCUT2D eigenvalue weighted by atomic mass is 16.1. The van der Waals surface area contributed by atoms with E-state index in [4.69, 9.17) is 0 Å². The lowest BCUT2D eigenvalue weighted by Gasteiger charge is -2.37. The first-order valence-electron chi connectivity index (χ1n) is 7.26. The number of aromatic nitrogens is 1. The van der Waals surface area contributed by atoms with Gasteiger partial charge in [0.2, 0.25) is 0 Å². The Kier molecular flexibility index (Phi) is 3.53. The van der Waals surface area contributed by atoms with Crippen molar-refractivity contribution in [2.75, 3.05) is 6.54 Å². The van der Waals surface area contributed by atoms with Gasteiger partial charge in [0, 0.05) is 43.1 Å². The lowest BCUT2D eigenvalue weighted by molar-refractivity contribution is -0.128. The molecule has 3 nitrogen and oxygen atoms in total. The van der Waals surface area contributed by atoms with Gasteiger partial charge in [-0.25, -0.2) is 0 Å². The standard InChI is InChI=1S/C17H20N2O/c1-12-13(2)19(10-8-16(12)20)11-15-6-3-5-14-7-4-9-18-17(14)15/h3-7,9,12-13H,8,10-11H2,1-2H3. The molecule has 0 radical (unpaired) electrons. The van der Waals surface area contributed by atoms with Crippen molar-refractivity contribution in [3.63, 3.8) is 0 Å². The summed E-state index contributed by atoms with van der Waals surface area (Å²) < 4.78 is 0. The summed E-state index contributed by atoms with van der Waals surface area (Å²) in [6.45, 7) is 5.92. The molecule has 0 amide bonds. The first-order chi connectivity index (χ1) is 9.66. The largest absolute Gasteiger partial charge is 0.299 e. The quantitative estimate of drug-likeness (QED) is 0.839. The molecule has 0 saturated carbocycles. The van der Waals surface area contributed by atoms with Crippen LogP contribution >= 0.6 is 0 Å². The molecule has 0 aliphatic carbocycles. The maximum absolute atomic E-state index is 11.8. The third-order valence-corrected chi connectivity index (χ3v) is 4.54. The van der Waals surface area contributed by atoms with Crippen LogP contribution in [0.2, 0.25) is 0 Å². The minimum absolute atomic E-state index is 0.131. The third kappa shape index (κ3) is 2.34. The van der Waals surface area contributed by atoms with Crippen LogP contribution in [0.25, 0.3) is 10.9 Å². The average Bonchev–Trinajstić information content (AvgIpc) is 2.48. The van der Waals surface area contributed by atoms with Gasteiger partial charge in [0.1, 0.15) is 5.78 Å². The number of Topliss-reactive ketones (excluding diaryl/α,β-unsaturated/α-hetero) is 1. The van der Waals surface area contributed by atoms with Gasteiger partial charge in [0.25, 0.3) is 0 Å². The molecule has 1 fully saturated rings. The van der Waals surface area contributed by atoms with Crippen LogP contribution in [0.3, 0.4) is 0 Å². The van der Waals surface area contributed by atoms with Crippen molar-refractivity contribution in [1.29, 1.82) is 0 Å². The molecular weight excluding hydrogens is 248 g/mol. The molecule has 0 bridgehead atoms. The molecule has 1 aliphatic rings. The summed E-state index contributed by atoms with van der Waals surface area (Å²) >= 11 is 0. The van der Waals surface area contributed by atoms with Crippen molar-refractivity contribution in [1.82, 2.24) is 9.88 Å². The number of para-hydroxylation sites is 1. The SMILES string of the molecule is CC1C(=O)CCN(Cc2cccc3cccnc23)C1C. The van der Waals surface area contributed by atoms with Crippen molar-refractivity contribution in [2.45, 2.75) is 32.9 Å². The number of ketones is 1. The number of likely N-dealkylation sites (tertiary alicyclic amines) is 1. The smallest absolute Gasteiger partial charge is 0.138 e. The molecule has 1 saturated heterocycles. The Hall–Kier alpha value is -1.74. The fraction of sp³-hybridized carbons (Fsp3) is 0.412. The molecule has 0 spiro atoms. The highest BCUT2D eigenvalue weighted by Crippen LogP contribution is 2.24. The number of piperidine rings is 1. The lowest BCUT2D eigenvalue weighted by Crippen LogP contribution is -2.46. The maximum atomic E-state index is 11.8. The highest BCUT2D eigenvalue weighted by molar-refractivity contribution is 5.83. The van der Waals surface area contributed by atoms with Gasteiger partial charge in [-0.2, -0.15) is 0 Å². The van der Waals surface area contributed by atoms with E-state index in [-0.39, 0.29) is 5.92 Å². The van der Waals surface area contributed by atoms with Crippen LogP contribution in [-0.4, -0.2) is 28.3 Å². The first kappa shape index (κ1) is 13.3. The van der Waals surface area contributed by atoms with E-state index in [1.54, 1.807) is 0 Å². The summed E-state index contributed by atoms with van der Waals surface area (Å²) in [5, 5.41) is 1.18. The molecule has 0 N–H and O–H groups in total. The van der Waals surface area contributed by atoms with Crippen LogP contribution in [0, 0.1) is 5.92 Å². The summed E-state index contributed by atoms with van der Waals surface area (Å²) in [5.41, 5.74) is 2.32. The molecule has 3 heteroatoms. The second-order valence-electron chi connectivity index (χ2n) is 5.71. The zero-order valence-electron chi connectivity index (χ0n) is 12.0. The topological polar surface area (TPSA) is 33.2 Å². The van der Waals surface area contributed by atoms with Crippen LogP contribution in [-0.2, 0) is 11.3 Å². The zero-order chi connectivity index (χ0) is 14.1. The zero-order valence-corrected chi connectivity index (χ0v) is 12.0. The van der Waals surface area contributed by atoms with Crippen molar-refractivity contribution >= 4 is 16.7 Å². The Morgan fingerprint density at radius 1 is 1.25 bits per heavy atom. The monoisotopic (exact) mass is 268 g/mol. The number of benzene rings is 1. The Morgan fingerprint density at radius 2 is 2.05 bits per heavy atom. The highest BCUT2D eigenvalue weighted by Gasteiger charge is 2.30. The molecular formula is C17H20N2O. The molecule has 2 atom stereocenters. The van der Waals surface area contributed by atoms with E-state index in [1.165, 1.54) is 10.9 Å². The fourth-order valence-electron chi connectivity index (χ4n) is 3.01. The van der Waals surface area contributed by atoms with Gasteiger partial charge in [-0.3, -0.25) is 14.7 Å². The van der Waals surface area contributed by atoms with Crippen LogP contribution < -0.4 is 0 Å². The van der Waals surface area contributed by atoms with Gasteiger partial charge < -0.3 is 0 Å². The van der Waals surface area contributed by atoms with E-state index in [9.17, 15) is 4.79 Å². The molecule has 2 unspecified atom stereocenters. The van der Waals surface area contributed by atoms with Gasteiger partial charge in [-0.1, -0.05) is 31.2 Å². The number of hydrogen-bond acceptors (Lipinski definition) is 3. The van der Waals surface area contributed by atoms with E-state index in [1.807, 2.05) is 19.2 Å².